The monoisotopic (exact) mass is 335 g/mol. The van der Waals surface area contributed by atoms with Gasteiger partial charge < -0.3 is 21.3 Å². The summed E-state index contributed by atoms with van der Waals surface area (Å²) in [4.78, 5) is 27.0. The highest BCUT2D eigenvalue weighted by atomic mass is 32.1. The highest BCUT2D eigenvalue weighted by molar-refractivity contribution is 7.13. The average molecular weight is 335 g/mol. The van der Waals surface area contributed by atoms with Gasteiger partial charge >= 0.3 is 5.97 Å². The van der Waals surface area contributed by atoms with Crippen LogP contribution in [0.15, 0.2) is 29.6 Å². The van der Waals surface area contributed by atoms with Gasteiger partial charge in [-0.05, 0) is 5.56 Å². The summed E-state index contributed by atoms with van der Waals surface area (Å²) in [7, 11) is 0. The average Bonchev–Trinajstić information content (AvgIpc) is 3.00. The normalized spacial score (nSPS) is 11.9. The molecule has 0 spiro atoms. The number of aliphatic carboxylic acids is 1. The van der Waals surface area contributed by atoms with Crippen LogP contribution in [0, 0.1) is 0 Å². The predicted octanol–water partition coefficient (Wildman–Crippen LogP) is 0.373. The van der Waals surface area contributed by atoms with Gasteiger partial charge in [0.05, 0.1) is 18.7 Å². The van der Waals surface area contributed by atoms with E-state index in [0.29, 0.717) is 12.2 Å². The molecule has 1 atom stereocenters. The molecule has 1 aromatic carbocycles. The number of carbonyl (C=O) groups excluding carboxylic acids is 1. The Morgan fingerprint density at radius 3 is 2.74 bits per heavy atom. The van der Waals surface area contributed by atoms with Crippen molar-refractivity contribution in [3.63, 3.8) is 0 Å². The highest BCUT2D eigenvalue weighted by Crippen LogP contribution is 2.27. The third kappa shape index (κ3) is 4.35. The Morgan fingerprint density at radius 2 is 2.09 bits per heavy atom. The van der Waals surface area contributed by atoms with Crippen LogP contribution in [0.1, 0.15) is 11.3 Å². The van der Waals surface area contributed by atoms with Crippen molar-refractivity contribution in [3.05, 3.63) is 40.9 Å². The maximum atomic E-state index is 11.8. The second kappa shape index (κ2) is 7.82. The summed E-state index contributed by atoms with van der Waals surface area (Å²) in [5.41, 5.74) is 8.13. The first kappa shape index (κ1) is 17.1. The van der Waals surface area contributed by atoms with Gasteiger partial charge in [-0.25, -0.2) is 9.78 Å². The number of carboxylic acid groups (broad SMARTS) is 1. The van der Waals surface area contributed by atoms with Crippen LogP contribution in [-0.4, -0.2) is 39.7 Å². The lowest BCUT2D eigenvalue weighted by atomic mass is 10.1. The van der Waals surface area contributed by atoms with Crippen molar-refractivity contribution >= 4 is 23.2 Å². The molecular weight excluding hydrogens is 318 g/mol. The number of benzene rings is 1. The fourth-order valence-corrected chi connectivity index (χ4v) is 2.89. The standard InChI is InChI=1S/C15H17N3O4S/c16-6-9-3-1-2-4-11(9)14-17-10(8-23-14)5-13(20)18-12(7-19)15(21)22/h1-4,8,12,19H,5-7,16H2,(H,18,20)(H,21,22). The lowest BCUT2D eigenvalue weighted by molar-refractivity contribution is -0.142. The van der Waals surface area contributed by atoms with Crippen LogP contribution in [0.5, 0.6) is 0 Å². The van der Waals surface area contributed by atoms with E-state index in [1.165, 1.54) is 11.3 Å². The van der Waals surface area contributed by atoms with Crippen molar-refractivity contribution in [1.29, 1.82) is 0 Å². The Morgan fingerprint density at radius 1 is 1.35 bits per heavy atom. The zero-order valence-electron chi connectivity index (χ0n) is 12.2. The minimum atomic E-state index is -1.31. The summed E-state index contributed by atoms with van der Waals surface area (Å²) < 4.78 is 0. The van der Waals surface area contributed by atoms with Crippen LogP contribution < -0.4 is 11.1 Å². The van der Waals surface area contributed by atoms with E-state index in [4.69, 9.17) is 15.9 Å². The van der Waals surface area contributed by atoms with Gasteiger partial charge in [0, 0.05) is 17.5 Å². The van der Waals surface area contributed by atoms with Gasteiger partial charge in [-0.15, -0.1) is 11.3 Å². The molecule has 0 radical (unpaired) electrons. The van der Waals surface area contributed by atoms with Crippen molar-refractivity contribution in [1.82, 2.24) is 10.3 Å². The van der Waals surface area contributed by atoms with Crippen LogP contribution >= 0.6 is 11.3 Å². The molecule has 0 saturated heterocycles. The quantitative estimate of drug-likeness (QED) is 0.579. The van der Waals surface area contributed by atoms with E-state index in [2.05, 4.69) is 10.3 Å². The predicted molar refractivity (Wildman–Crippen MR) is 85.8 cm³/mol. The number of nitrogens with one attached hydrogen (secondary N) is 1. The second-order valence-corrected chi connectivity index (χ2v) is 5.68. The second-order valence-electron chi connectivity index (χ2n) is 4.82. The molecule has 122 valence electrons. The summed E-state index contributed by atoms with van der Waals surface area (Å²) in [5.74, 6) is -1.79. The molecule has 2 rings (SSSR count). The molecule has 1 amide bonds. The van der Waals surface area contributed by atoms with Crippen molar-refractivity contribution in [2.45, 2.75) is 19.0 Å². The van der Waals surface area contributed by atoms with E-state index in [1.807, 2.05) is 24.3 Å². The molecule has 1 aromatic heterocycles. The van der Waals surface area contributed by atoms with E-state index in [0.717, 1.165) is 16.1 Å². The van der Waals surface area contributed by atoms with Gasteiger partial charge in [-0.3, -0.25) is 4.79 Å². The highest BCUT2D eigenvalue weighted by Gasteiger charge is 2.19. The molecule has 0 aliphatic rings. The van der Waals surface area contributed by atoms with Gasteiger partial charge in [0.25, 0.3) is 0 Å². The fourth-order valence-electron chi connectivity index (χ4n) is 2.01. The molecule has 0 fully saturated rings. The molecule has 8 heteroatoms. The minimum absolute atomic E-state index is 0.0505. The van der Waals surface area contributed by atoms with Gasteiger partial charge in [0.2, 0.25) is 5.91 Å². The number of rotatable bonds is 7. The van der Waals surface area contributed by atoms with Crippen molar-refractivity contribution < 1.29 is 19.8 Å². The Balaban J connectivity index is 2.08. The SMILES string of the molecule is NCc1ccccc1-c1nc(CC(=O)NC(CO)C(=O)O)cs1. The number of aliphatic hydroxyl groups is 1. The Hall–Kier alpha value is -2.29. The number of amides is 1. The van der Waals surface area contributed by atoms with E-state index >= 15 is 0 Å². The molecule has 7 nitrogen and oxygen atoms in total. The Labute approximate surface area is 136 Å². The summed E-state index contributed by atoms with van der Waals surface area (Å²) >= 11 is 1.39. The molecule has 23 heavy (non-hydrogen) atoms. The zero-order valence-corrected chi connectivity index (χ0v) is 13.0. The summed E-state index contributed by atoms with van der Waals surface area (Å²) in [5, 5.41) is 22.4. The fraction of sp³-hybridized carbons (Fsp3) is 0.267. The van der Waals surface area contributed by atoms with Gasteiger partial charge in [-0.2, -0.15) is 0 Å². The first-order chi connectivity index (χ1) is 11.0. The third-order valence-electron chi connectivity index (χ3n) is 3.18. The number of carbonyl (C=O) groups is 2. The number of carboxylic acids is 1. The first-order valence-electron chi connectivity index (χ1n) is 6.91. The lowest BCUT2D eigenvalue weighted by Crippen LogP contribution is -2.43. The van der Waals surface area contributed by atoms with Crippen LogP contribution in [0.2, 0.25) is 0 Å². The maximum Gasteiger partial charge on any atom is 0.328 e. The molecule has 2 aromatic rings. The van der Waals surface area contributed by atoms with E-state index in [1.54, 1.807) is 5.38 Å². The van der Waals surface area contributed by atoms with E-state index in [-0.39, 0.29) is 6.42 Å². The molecule has 1 heterocycles. The van der Waals surface area contributed by atoms with Crippen LogP contribution in [0.25, 0.3) is 10.6 Å². The number of hydrogen-bond donors (Lipinski definition) is 4. The molecule has 0 aliphatic carbocycles. The van der Waals surface area contributed by atoms with Crippen LogP contribution in [0.3, 0.4) is 0 Å². The molecule has 5 N–H and O–H groups in total. The van der Waals surface area contributed by atoms with E-state index < -0.39 is 24.5 Å². The number of thiazole rings is 1. The Bertz CT molecular complexity index is 702. The van der Waals surface area contributed by atoms with Gasteiger partial charge in [-0.1, -0.05) is 24.3 Å². The first-order valence-corrected chi connectivity index (χ1v) is 7.79. The number of nitrogens with two attached hydrogens (primary N) is 1. The van der Waals surface area contributed by atoms with E-state index in [9.17, 15) is 9.59 Å². The summed E-state index contributed by atoms with van der Waals surface area (Å²) in [6, 6.07) is 6.31. The number of hydrogen-bond acceptors (Lipinski definition) is 6. The number of aliphatic hydroxyl groups excluding tert-OH is 1. The molecule has 1 unspecified atom stereocenters. The van der Waals surface area contributed by atoms with Crippen LogP contribution in [-0.2, 0) is 22.6 Å². The van der Waals surface area contributed by atoms with Crippen molar-refractivity contribution in [2.75, 3.05) is 6.61 Å². The Kier molecular flexibility index (Phi) is 5.80. The molecule has 0 bridgehead atoms. The van der Waals surface area contributed by atoms with Gasteiger partial charge in [0.1, 0.15) is 11.0 Å². The maximum absolute atomic E-state index is 11.8. The lowest BCUT2D eigenvalue weighted by Gasteiger charge is -2.10. The molecular formula is C15H17N3O4S. The molecule has 0 aliphatic heterocycles. The third-order valence-corrected chi connectivity index (χ3v) is 4.10. The summed E-state index contributed by atoms with van der Waals surface area (Å²) in [6.45, 7) is -0.268. The minimum Gasteiger partial charge on any atom is -0.480 e. The largest absolute Gasteiger partial charge is 0.480 e. The number of aromatic nitrogens is 1. The smallest absolute Gasteiger partial charge is 0.328 e. The topological polar surface area (TPSA) is 126 Å². The van der Waals surface area contributed by atoms with Crippen molar-refractivity contribution in [2.24, 2.45) is 5.73 Å². The number of nitrogens with zero attached hydrogens (tertiary/aromatic N) is 1. The zero-order chi connectivity index (χ0) is 16.8. The van der Waals surface area contributed by atoms with Gasteiger partial charge in [0.15, 0.2) is 0 Å². The van der Waals surface area contributed by atoms with Crippen molar-refractivity contribution in [3.8, 4) is 10.6 Å². The molecule has 0 saturated carbocycles. The summed E-state index contributed by atoms with van der Waals surface area (Å²) in [6.07, 6.45) is -0.0505. The van der Waals surface area contributed by atoms with Crippen LogP contribution in [0.4, 0.5) is 0 Å².